The van der Waals surface area contributed by atoms with Crippen molar-refractivity contribution in [2.45, 2.75) is 31.4 Å². The molecule has 1 aromatic heterocycles. The lowest BCUT2D eigenvalue weighted by Crippen LogP contribution is -2.35. The van der Waals surface area contributed by atoms with E-state index >= 15 is 0 Å². The number of aromatic nitrogens is 2. The Balaban J connectivity index is 1.96. The average molecular weight is 266 g/mol. The highest BCUT2D eigenvalue weighted by Crippen LogP contribution is 2.24. The molecular weight excluding hydrogens is 244 g/mol. The molecule has 0 saturated carbocycles. The predicted molar refractivity (Wildman–Crippen MR) is 79.6 cm³/mol. The molecule has 1 saturated heterocycles. The van der Waals surface area contributed by atoms with E-state index in [1.54, 1.807) is 6.20 Å². The van der Waals surface area contributed by atoms with Crippen LogP contribution in [0.1, 0.15) is 26.2 Å². The first-order valence-corrected chi connectivity index (χ1v) is 7.96. The zero-order valence-electron chi connectivity index (χ0n) is 11.2. The van der Waals surface area contributed by atoms with Crippen LogP contribution in [0.15, 0.2) is 12.4 Å². The third-order valence-electron chi connectivity index (χ3n) is 3.28. The van der Waals surface area contributed by atoms with Gasteiger partial charge in [0.15, 0.2) is 0 Å². The molecule has 5 heteroatoms. The highest BCUT2D eigenvalue weighted by molar-refractivity contribution is 7.99. The molecule has 0 radical (unpaired) electrons. The van der Waals surface area contributed by atoms with Crippen LogP contribution in [-0.4, -0.2) is 41.1 Å². The summed E-state index contributed by atoms with van der Waals surface area (Å²) < 4.78 is 0. The van der Waals surface area contributed by atoms with Gasteiger partial charge in [0.05, 0.1) is 12.4 Å². The van der Waals surface area contributed by atoms with Crippen LogP contribution < -0.4 is 10.2 Å². The van der Waals surface area contributed by atoms with Crippen molar-refractivity contribution < 1.29 is 0 Å². The Hall–Kier alpha value is -0.970. The van der Waals surface area contributed by atoms with E-state index in [-0.39, 0.29) is 0 Å². The molecule has 1 aliphatic rings. The molecule has 2 rings (SSSR count). The molecule has 0 amide bonds. The number of anilines is 2. The number of thioether (sulfide) groups is 1. The maximum Gasteiger partial charge on any atom is 0.149 e. The van der Waals surface area contributed by atoms with Gasteiger partial charge in [-0.25, -0.2) is 4.98 Å². The van der Waals surface area contributed by atoms with E-state index < -0.39 is 0 Å². The molecule has 0 atom stereocenters. The van der Waals surface area contributed by atoms with Crippen LogP contribution in [0.2, 0.25) is 0 Å². The maximum absolute atomic E-state index is 4.63. The molecular formula is C13H22N4S. The fourth-order valence-corrected chi connectivity index (χ4v) is 2.85. The second-order valence-corrected chi connectivity index (χ2v) is 5.75. The zero-order valence-corrected chi connectivity index (χ0v) is 12.0. The molecule has 0 spiro atoms. The lowest BCUT2D eigenvalue weighted by molar-refractivity contribution is 0.586. The van der Waals surface area contributed by atoms with Crippen LogP contribution in [0.25, 0.3) is 0 Å². The van der Waals surface area contributed by atoms with Gasteiger partial charge in [0.1, 0.15) is 11.6 Å². The monoisotopic (exact) mass is 266 g/mol. The van der Waals surface area contributed by atoms with Crippen molar-refractivity contribution in [2.24, 2.45) is 0 Å². The maximum atomic E-state index is 4.63. The van der Waals surface area contributed by atoms with Gasteiger partial charge in [0, 0.05) is 24.9 Å². The van der Waals surface area contributed by atoms with Crippen molar-refractivity contribution in [3.8, 4) is 0 Å². The molecule has 0 bridgehead atoms. The van der Waals surface area contributed by atoms with Gasteiger partial charge in [-0.3, -0.25) is 4.98 Å². The molecule has 1 aromatic rings. The van der Waals surface area contributed by atoms with Gasteiger partial charge in [0.25, 0.3) is 0 Å². The zero-order chi connectivity index (χ0) is 12.8. The Morgan fingerprint density at radius 3 is 2.83 bits per heavy atom. The van der Waals surface area contributed by atoms with E-state index in [4.69, 9.17) is 0 Å². The summed E-state index contributed by atoms with van der Waals surface area (Å²) in [6.45, 7) is 5.29. The van der Waals surface area contributed by atoms with Crippen LogP contribution in [0, 0.1) is 0 Å². The summed E-state index contributed by atoms with van der Waals surface area (Å²) in [5, 5.41) is 4.10. The molecule has 2 heterocycles. The molecule has 18 heavy (non-hydrogen) atoms. The summed E-state index contributed by atoms with van der Waals surface area (Å²) in [5.41, 5.74) is 0. The van der Waals surface area contributed by atoms with E-state index in [1.807, 2.05) is 18.0 Å². The highest BCUT2D eigenvalue weighted by atomic mass is 32.2. The Morgan fingerprint density at radius 1 is 1.39 bits per heavy atom. The van der Waals surface area contributed by atoms with Crippen molar-refractivity contribution in [3.05, 3.63) is 12.4 Å². The molecule has 1 fully saturated rings. The third kappa shape index (κ3) is 3.51. The Bertz CT molecular complexity index is 364. The van der Waals surface area contributed by atoms with Crippen LogP contribution in [0.3, 0.4) is 0 Å². The summed E-state index contributed by atoms with van der Waals surface area (Å²) in [4.78, 5) is 11.3. The summed E-state index contributed by atoms with van der Waals surface area (Å²) in [7, 11) is 0. The number of hydrogen-bond acceptors (Lipinski definition) is 5. The van der Waals surface area contributed by atoms with Gasteiger partial charge in [-0.1, -0.05) is 6.92 Å². The van der Waals surface area contributed by atoms with Gasteiger partial charge >= 0.3 is 0 Å². The van der Waals surface area contributed by atoms with Crippen molar-refractivity contribution in [1.29, 1.82) is 0 Å². The molecule has 100 valence electrons. The molecule has 1 aliphatic heterocycles. The van der Waals surface area contributed by atoms with Gasteiger partial charge in [-0.2, -0.15) is 11.8 Å². The first-order valence-electron chi connectivity index (χ1n) is 6.67. The van der Waals surface area contributed by atoms with Crippen LogP contribution in [0.5, 0.6) is 0 Å². The molecule has 0 aliphatic carbocycles. The number of nitrogens with zero attached hydrogens (tertiary/aromatic N) is 3. The molecule has 1 N–H and O–H groups in total. The number of nitrogens with one attached hydrogen (secondary N) is 1. The first kappa shape index (κ1) is 13.5. The molecule has 4 nitrogen and oxygen atoms in total. The minimum atomic E-state index is 0.815. The highest BCUT2D eigenvalue weighted by Gasteiger charge is 2.19. The second kappa shape index (κ2) is 6.83. The normalized spacial score (nSPS) is 16.9. The SMILES string of the molecule is CCCNc1cncc(N2CCC(SC)CC2)n1. The number of rotatable bonds is 5. The summed E-state index contributed by atoms with van der Waals surface area (Å²) >= 11 is 1.98. The minimum Gasteiger partial charge on any atom is -0.369 e. The average Bonchev–Trinajstić information content (AvgIpc) is 2.45. The van der Waals surface area contributed by atoms with Crippen molar-refractivity contribution in [1.82, 2.24) is 9.97 Å². The third-order valence-corrected chi connectivity index (χ3v) is 4.42. The van der Waals surface area contributed by atoms with Gasteiger partial charge in [0.2, 0.25) is 0 Å². The standard InChI is InChI=1S/C13H22N4S/c1-3-6-15-12-9-14-10-13(16-12)17-7-4-11(18-2)5-8-17/h9-11H,3-8H2,1-2H3,(H,15,16). The minimum absolute atomic E-state index is 0.815. The summed E-state index contributed by atoms with van der Waals surface area (Å²) in [6, 6.07) is 0. The largest absolute Gasteiger partial charge is 0.369 e. The second-order valence-electron chi connectivity index (χ2n) is 4.61. The summed E-state index contributed by atoms with van der Waals surface area (Å²) in [6.07, 6.45) is 9.47. The first-order chi connectivity index (χ1) is 8.83. The Morgan fingerprint density at radius 2 is 2.17 bits per heavy atom. The molecule has 0 unspecified atom stereocenters. The van der Waals surface area contributed by atoms with Crippen molar-refractivity contribution in [3.63, 3.8) is 0 Å². The van der Waals surface area contributed by atoms with E-state index in [0.717, 1.165) is 42.9 Å². The van der Waals surface area contributed by atoms with Gasteiger partial charge < -0.3 is 10.2 Å². The fraction of sp³-hybridized carbons (Fsp3) is 0.692. The van der Waals surface area contributed by atoms with Crippen LogP contribution in [-0.2, 0) is 0 Å². The fourth-order valence-electron chi connectivity index (χ4n) is 2.17. The van der Waals surface area contributed by atoms with Gasteiger partial charge in [-0.15, -0.1) is 0 Å². The van der Waals surface area contributed by atoms with E-state index in [2.05, 4.69) is 33.4 Å². The lowest BCUT2D eigenvalue weighted by Gasteiger charge is -2.31. The van der Waals surface area contributed by atoms with Crippen molar-refractivity contribution in [2.75, 3.05) is 36.1 Å². The van der Waals surface area contributed by atoms with E-state index in [9.17, 15) is 0 Å². The summed E-state index contributed by atoms with van der Waals surface area (Å²) in [5.74, 6) is 1.90. The Labute approximate surface area is 114 Å². The smallest absolute Gasteiger partial charge is 0.149 e. The number of hydrogen-bond donors (Lipinski definition) is 1. The predicted octanol–water partition coefficient (Wildman–Crippen LogP) is 2.63. The topological polar surface area (TPSA) is 41.1 Å². The molecule has 0 aromatic carbocycles. The Kier molecular flexibility index (Phi) is 5.11. The van der Waals surface area contributed by atoms with Crippen LogP contribution >= 0.6 is 11.8 Å². The van der Waals surface area contributed by atoms with Crippen molar-refractivity contribution >= 4 is 23.4 Å². The van der Waals surface area contributed by atoms with E-state index in [0.29, 0.717) is 0 Å². The quantitative estimate of drug-likeness (QED) is 0.887. The van der Waals surface area contributed by atoms with Crippen LogP contribution in [0.4, 0.5) is 11.6 Å². The lowest BCUT2D eigenvalue weighted by atomic mass is 10.1. The van der Waals surface area contributed by atoms with Gasteiger partial charge in [-0.05, 0) is 25.5 Å². The van der Waals surface area contributed by atoms with E-state index in [1.165, 1.54) is 12.8 Å². The number of piperidine rings is 1.